The lowest BCUT2D eigenvalue weighted by Crippen LogP contribution is -2.17. The Morgan fingerprint density at radius 2 is 1.88 bits per heavy atom. The minimum absolute atomic E-state index is 0.0326. The van der Waals surface area contributed by atoms with E-state index >= 15 is 0 Å². The van der Waals surface area contributed by atoms with Crippen LogP contribution in [0.2, 0.25) is 0 Å². The van der Waals surface area contributed by atoms with E-state index < -0.39 is 11.2 Å². The fourth-order valence-electron chi connectivity index (χ4n) is 2.34. The first-order valence-corrected chi connectivity index (χ1v) is 7.75. The van der Waals surface area contributed by atoms with Crippen LogP contribution in [-0.2, 0) is 6.42 Å². The Morgan fingerprint density at radius 1 is 1.16 bits per heavy atom. The van der Waals surface area contributed by atoms with E-state index in [4.69, 9.17) is 21.7 Å². The van der Waals surface area contributed by atoms with Gasteiger partial charge >= 0.3 is 5.63 Å². The lowest BCUT2D eigenvalue weighted by Gasteiger charge is -2.08. The predicted octanol–water partition coefficient (Wildman–Crippen LogP) is 0.690. The Hall–Kier alpha value is -3.03. The van der Waals surface area contributed by atoms with Crippen molar-refractivity contribution in [3.8, 4) is 11.8 Å². The van der Waals surface area contributed by atoms with Crippen molar-refractivity contribution in [2.24, 2.45) is 0 Å². The third-order valence-electron chi connectivity index (χ3n) is 3.53. The summed E-state index contributed by atoms with van der Waals surface area (Å²) < 4.78 is 15.9. The molecule has 2 heterocycles. The van der Waals surface area contributed by atoms with Gasteiger partial charge in [-0.2, -0.15) is 4.98 Å². The molecule has 0 amide bonds. The lowest BCUT2D eigenvalue weighted by atomic mass is 9.97. The maximum atomic E-state index is 12.2. The van der Waals surface area contributed by atoms with E-state index in [2.05, 4.69) is 9.97 Å². The van der Waals surface area contributed by atoms with Crippen LogP contribution in [0.4, 0.5) is 0 Å². The van der Waals surface area contributed by atoms with Crippen molar-refractivity contribution in [2.45, 2.75) is 13.3 Å². The molecular formula is C17H15BN2O5. The van der Waals surface area contributed by atoms with Gasteiger partial charge in [-0.15, -0.1) is 0 Å². The van der Waals surface area contributed by atoms with Gasteiger partial charge in [-0.1, -0.05) is 24.5 Å². The number of H-pyrrole nitrogens is 1. The molecule has 0 atom stereocenters. The zero-order valence-electron chi connectivity index (χ0n) is 13.6. The van der Waals surface area contributed by atoms with Crippen molar-refractivity contribution in [1.82, 2.24) is 9.97 Å². The second kappa shape index (κ2) is 7.25. The molecule has 25 heavy (non-hydrogen) atoms. The number of nitrogens with one attached hydrogen (secondary N) is 1. The Morgan fingerprint density at radius 3 is 2.60 bits per heavy atom. The number of aromatic nitrogens is 2. The number of nitrogens with zero attached hydrogens (tertiary/aromatic N) is 1. The van der Waals surface area contributed by atoms with Gasteiger partial charge in [-0.25, -0.2) is 4.79 Å². The summed E-state index contributed by atoms with van der Waals surface area (Å²) in [4.78, 5) is 30.3. The van der Waals surface area contributed by atoms with Gasteiger partial charge in [0.15, 0.2) is 0 Å². The molecule has 0 aliphatic heterocycles. The fraction of sp³-hybridized carbons (Fsp3) is 0.235. The second-order valence-electron chi connectivity index (χ2n) is 5.26. The van der Waals surface area contributed by atoms with E-state index in [0.717, 1.165) is 0 Å². The third-order valence-corrected chi connectivity index (χ3v) is 3.53. The molecule has 3 rings (SSSR count). The van der Waals surface area contributed by atoms with Gasteiger partial charge in [0.1, 0.15) is 32.2 Å². The van der Waals surface area contributed by atoms with E-state index in [1.54, 1.807) is 24.3 Å². The molecule has 3 aromatic rings. The highest BCUT2D eigenvalue weighted by atomic mass is 16.5. The predicted molar refractivity (Wildman–Crippen MR) is 93.1 cm³/mol. The maximum Gasteiger partial charge on any atom is 0.337 e. The number of aryl methyl sites for hydroxylation is 1. The van der Waals surface area contributed by atoms with E-state index in [0.29, 0.717) is 23.2 Å². The lowest BCUT2D eigenvalue weighted by molar-refractivity contribution is 0.206. The summed E-state index contributed by atoms with van der Waals surface area (Å²) in [7, 11) is 5.59. The van der Waals surface area contributed by atoms with Crippen molar-refractivity contribution in [3.05, 3.63) is 56.7 Å². The minimum atomic E-state index is -0.555. The number of hydrogen-bond donors (Lipinski definition) is 1. The number of ether oxygens (including phenoxy) is 2. The number of aromatic amines is 1. The van der Waals surface area contributed by atoms with E-state index in [-0.39, 0.29) is 30.3 Å². The Labute approximate surface area is 144 Å². The normalized spacial score (nSPS) is 10.8. The van der Waals surface area contributed by atoms with Crippen molar-refractivity contribution >= 4 is 24.4 Å². The topological polar surface area (TPSA) is 94.4 Å². The molecule has 0 fully saturated rings. The van der Waals surface area contributed by atoms with Crippen LogP contribution in [0.1, 0.15) is 12.5 Å². The van der Waals surface area contributed by atoms with Crippen LogP contribution in [0.3, 0.4) is 0 Å². The van der Waals surface area contributed by atoms with Gasteiger partial charge in [0.25, 0.3) is 11.6 Å². The zero-order valence-corrected chi connectivity index (χ0v) is 13.6. The first-order valence-electron chi connectivity index (χ1n) is 7.75. The number of rotatable bonds is 6. The summed E-state index contributed by atoms with van der Waals surface area (Å²) >= 11 is 0. The van der Waals surface area contributed by atoms with E-state index in [1.807, 2.05) is 6.92 Å². The minimum Gasteiger partial charge on any atom is -0.490 e. The summed E-state index contributed by atoms with van der Waals surface area (Å²) in [5.41, 5.74) is 0.218. The molecule has 1 N–H and O–H groups in total. The Bertz CT molecular complexity index is 995. The van der Waals surface area contributed by atoms with E-state index in [1.165, 1.54) is 6.07 Å². The maximum absolute atomic E-state index is 12.2. The van der Waals surface area contributed by atoms with E-state index in [9.17, 15) is 9.59 Å². The first kappa shape index (κ1) is 16.8. The monoisotopic (exact) mass is 338 g/mol. The number of fused-ring (bicyclic) bond motifs is 1. The molecule has 2 aromatic heterocycles. The highest BCUT2D eigenvalue weighted by Gasteiger charge is 2.12. The third kappa shape index (κ3) is 3.91. The van der Waals surface area contributed by atoms with Gasteiger partial charge in [0.2, 0.25) is 5.71 Å². The molecule has 0 aliphatic carbocycles. The molecular weight excluding hydrogens is 323 g/mol. The molecule has 2 radical (unpaired) electrons. The SMILES string of the molecule is [B]c1ccc(OCCOc2nc3oc(=O)cc(CC)c3c(=O)[nH]2)cc1. The Balaban J connectivity index is 1.70. The molecule has 0 spiro atoms. The molecule has 7 nitrogen and oxygen atoms in total. The van der Waals surface area contributed by atoms with Gasteiger partial charge in [0.05, 0.1) is 0 Å². The molecule has 0 saturated carbocycles. The van der Waals surface area contributed by atoms with Crippen molar-refractivity contribution in [2.75, 3.05) is 13.2 Å². The molecule has 0 saturated heterocycles. The highest BCUT2D eigenvalue weighted by Crippen LogP contribution is 2.13. The van der Waals surface area contributed by atoms with Crippen LogP contribution in [0.5, 0.6) is 11.8 Å². The molecule has 0 unspecified atom stereocenters. The average molecular weight is 338 g/mol. The highest BCUT2D eigenvalue weighted by molar-refractivity contribution is 6.32. The van der Waals surface area contributed by atoms with Crippen LogP contribution in [0.25, 0.3) is 11.1 Å². The largest absolute Gasteiger partial charge is 0.490 e. The van der Waals surface area contributed by atoms with Crippen LogP contribution < -0.4 is 26.1 Å². The van der Waals surface area contributed by atoms with Crippen molar-refractivity contribution < 1.29 is 13.9 Å². The average Bonchev–Trinajstić information content (AvgIpc) is 2.59. The van der Waals surface area contributed by atoms with Crippen molar-refractivity contribution in [1.29, 1.82) is 0 Å². The molecule has 126 valence electrons. The summed E-state index contributed by atoms with van der Waals surface area (Å²) in [6.45, 7) is 2.23. The van der Waals surface area contributed by atoms with Crippen LogP contribution in [0, 0.1) is 0 Å². The quantitative estimate of drug-likeness (QED) is 0.525. The fourth-order valence-corrected chi connectivity index (χ4v) is 2.34. The molecule has 0 bridgehead atoms. The van der Waals surface area contributed by atoms with Gasteiger partial charge in [0, 0.05) is 6.07 Å². The zero-order chi connectivity index (χ0) is 17.8. The number of benzene rings is 1. The summed E-state index contributed by atoms with van der Waals surface area (Å²) in [5.74, 6) is 0.649. The molecule has 1 aromatic carbocycles. The molecule has 0 aliphatic rings. The summed E-state index contributed by atoms with van der Waals surface area (Å²) in [6, 6.07) is 8.20. The van der Waals surface area contributed by atoms with Gasteiger partial charge in [-0.3, -0.25) is 9.78 Å². The summed E-state index contributed by atoms with van der Waals surface area (Å²) in [6.07, 6.45) is 0.516. The molecule has 8 heteroatoms. The van der Waals surface area contributed by atoms with Crippen LogP contribution >= 0.6 is 0 Å². The Kier molecular flexibility index (Phi) is 4.88. The van der Waals surface area contributed by atoms with Crippen LogP contribution in [-0.4, -0.2) is 31.0 Å². The standard InChI is InChI=1S/C17H15BN2O5/c1-2-10-9-13(21)25-16-14(10)15(22)19-17(20-16)24-8-7-23-12-5-3-11(18)4-6-12/h3-6,9H,2,7-8H2,1H3,(H,19,20,22). The van der Waals surface area contributed by atoms with Gasteiger partial charge < -0.3 is 13.9 Å². The summed E-state index contributed by atoms with van der Waals surface area (Å²) in [5, 5.41) is 0.257. The first-order chi connectivity index (χ1) is 12.1. The second-order valence-corrected chi connectivity index (χ2v) is 5.26. The number of hydrogen-bond acceptors (Lipinski definition) is 6. The van der Waals surface area contributed by atoms with Crippen LogP contribution in [0.15, 0.2) is 44.3 Å². The smallest absolute Gasteiger partial charge is 0.337 e. The van der Waals surface area contributed by atoms with Crippen molar-refractivity contribution in [3.63, 3.8) is 0 Å². The van der Waals surface area contributed by atoms with Gasteiger partial charge in [-0.05, 0) is 24.1 Å².